The van der Waals surface area contributed by atoms with Crippen LogP contribution in [0.25, 0.3) is 17.1 Å². The van der Waals surface area contributed by atoms with Crippen LogP contribution in [0, 0.1) is 6.92 Å². The largest absolute Gasteiger partial charge is 0.338 e. The summed E-state index contributed by atoms with van der Waals surface area (Å²) in [5.74, 6) is 2.78. The van der Waals surface area contributed by atoms with Gasteiger partial charge in [0, 0.05) is 22.2 Å². The van der Waals surface area contributed by atoms with Crippen molar-refractivity contribution in [2.75, 3.05) is 0 Å². The summed E-state index contributed by atoms with van der Waals surface area (Å²) >= 11 is 7.59. The molecule has 0 radical (unpaired) electrons. The Hall–Kier alpha value is -2.64. The van der Waals surface area contributed by atoms with Crippen LogP contribution in [-0.4, -0.2) is 24.9 Å². The Kier molecular flexibility index (Phi) is 5.69. The van der Waals surface area contributed by atoms with Crippen molar-refractivity contribution < 1.29 is 4.52 Å². The lowest BCUT2D eigenvalue weighted by molar-refractivity contribution is 0.382. The predicted octanol–water partition coefficient (Wildman–Crippen LogP) is 5.69. The Morgan fingerprint density at radius 1 is 1.03 bits per heavy atom. The number of hydrogen-bond acceptors (Lipinski definition) is 6. The van der Waals surface area contributed by atoms with E-state index in [0.717, 1.165) is 22.2 Å². The molecule has 2 heterocycles. The van der Waals surface area contributed by atoms with E-state index in [1.807, 2.05) is 54.8 Å². The highest BCUT2D eigenvalue weighted by Crippen LogP contribution is 2.30. The SMILES string of the molecule is Cc1ccc(-c2nnc(SCc3nc(C(C)C)no3)n2-c2ccc(Cl)cc2)cc1. The van der Waals surface area contributed by atoms with Gasteiger partial charge in [-0.1, -0.05) is 72.2 Å². The van der Waals surface area contributed by atoms with Crippen molar-refractivity contribution in [3.05, 3.63) is 70.8 Å². The lowest BCUT2D eigenvalue weighted by Gasteiger charge is -2.10. The lowest BCUT2D eigenvalue weighted by atomic mass is 10.1. The lowest BCUT2D eigenvalue weighted by Crippen LogP contribution is -2.00. The first kappa shape index (κ1) is 19.7. The molecule has 0 amide bonds. The van der Waals surface area contributed by atoms with E-state index in [9.17, 15) is 0 Å². The molecule has 2 aromatic carbocycles. The van der Waals surface area contributed by atoms with Gasteiger partial charge in [0.2, 0.25) is 5.89 Å². The summed E-state index contributed by atoms with van der Waals surface area (Å²) in [7, 11) is 0. The number of hydrogen-bond donors (Lipinski definition) is 0. The van der Waals surface area contributed by atoms with Crippen LogP contribution in [0.5, 0.6) is 0 Å². The number of halogens is 1. The molecule has 29 heavy (non-hydrogen) atoms. The zero-order valence-electron chi connectivity index (χ0n) is 16.3. The van der Waals surface area contributed by atoms with E-state index < -0.39 is 0 Å². The molecular weight excluding hydrogens is 406 g/mol. The van der Waals surface area contributed by atoms with Crippen molar-refractivity contribution in [1.29, 1.82) is 0 Å². The maximum Gasteiger partial charge on any atom is 0.237 e. The van der Waals surface area contributed by atoms with Gasteiger partial charge in [0.05, 0.1) is 5.75 Å². The van der Waals surface area contributed by atoms with Crippen LogP contribution in [0.15, 0.2) is 58.2 Å². The highest BCUT2D eigenvalue weighted by Gasteiger charge is 2.18. The average molecular weight is 426 g/mol. The molecule has 0 aliphatic carbocycles. The first-order valence-electron chi connectivity index (χ1n) is 9.25. The highest BCUT2D eigenvalue weighted by molar-refractivity contribution is 7.98. The minimum Gasteiger partial charge on any atom is -0.338 e. The summed E-state index contributed by atoms with van der Waals surface area (Å²) in [6.45, 7) is 6.13. The molecule has 0 fully saturated rings. The van der Waals surface area contributed by atoms with Gasteiger partial charge in [-0.25, -0.2) is 0 Å². The molecule has 0 spiro atoms. The zero-order valence-corrected chi connectivity index (χ0v) is 17.9. The third kappa shape index (κ3) is 4.36. The third-order valence-corrected chi connectivity index (χ3v) is 5.52. The average Bonchev–Trinajstić information content (AvgIpc) is 3.35. The topological polar surface area (TPSA) is 69.6 Å². The monoisotopic (exact) mass is 425 g/mol. The normalized spacial score (nSPS) is 11.3. The number of thioether (sulfide) groups is 1. The van der Waals surface area contributed by atoms with Crippen LogP contribution in [0.3, 0.4) is 0 Å². The fraction of sp³-hybridized carbons (Fsp3) is 0.238. The van der Waals surface area contributed by atoms with E-state index in [-0.39, 0.29) is 5.92 Å². The molecule has 0 saturated carbocycles. The molecule has 0 aliphatic rings. The van der Waals surface area contributed by atoms with Gasteiger partial charge >= 0.3 is 0 Å². The van der Waals surface area contributed by atoms with Crippen LogP contribution in [0.1, 0.15) is 37.0 Å². The molecular formula is C21H20ClN5OS. The van der Waals surface area contributed by atoms with Crippen molar-refractivity contribution in [1.82, 2.24) is 24.9 Å². The van der Waals surface area contributed by atoms with Crippen molar-refractivity contribution in [2.24, 2.45) is 0 Å². The molecule has 8 heteroatoms. The zero-order chi connectivity index (χ0) is 20.4. The van der Waals surface area contributed by atoms with E-state index in [1.165, 1.54) is 17.3 Å². The van der Waals surface area contributed by atoms with Gasteiger partial charge in [0.1, 0.15) is 0 Å². The van der Waals surface area contributed by atoms with Crippen molar-refractivity contribution in [3.8, 4) is 17.1 Å². The molecule has 0 atom stereocenters. The van der Waals surface area contributed by atoms with E-state index in [0.29, 0.717) is 22.5 Å². The number of aromatic nitrogens is 5. The summed E-state index contributed by atoms with van der Waals surface area (Å²) in [5, 5.41) is 14.3. The summed E-state index contributed by atoms with van der Waals surface area (Å²) in [6.07, 6.45) is 0. The third-order valence-electron chi connectivity index (χ3n) is 4.35. The quantitative estimate of drug-likeness (QED) is 0.369. The molecule has 0 N–H and O–H groups in total. The Morgan fingerprint density at radius 2 is 1.76 bits per heavy atom. The summed E-state index contributed by atoms with van der Waals surface area (Å²) in [5.41, 5.74) is 3.12. The second-order valence-corrected chi connectivity index (χ2v) is 8.35. The second kappa shape index (κ2) is 8.39. The van der Waals surface area contributed by atoms with Gasteiger partial charge in [-0.2, -0.15) is 4.98 Å². The van der Waals surface area contributed by atoms with Crippen LogP contribution in [0.2, 0.25) is 5.02 Å². The molecule has 6 nitrogen and oxygen atoms in total. The van der Waals surface area contributed by atoms with Gasteiger partial charge < -0.3 is 4.52 Å². The molecule has 4 rings (SSSR count). The molecule has 0 unspecified atom stereocenters. The minimum absolute atomic E-state index is 0.225. The highest BCUT2D eigenvalue weighted by atomic mass is 35.5. The Balaban J connectivity index is 1.69. The van der Waals surface area contributed by atoms with E-state index in [1.54, 1.807) is 0 Å². The number of rotatable bonds is 6. The van der Waals surface area contributed by atoms with Gasteiger partial charge in [-0.15, -0.1) is 10.2 Å². The number of benzene rings is 2. The summed E-state index contributed by atoms with van der Waals surface area (Å²) in [4.78, 5) is 4.44. The van der Waals surface area contributed by atoms with E-state index in [2.05, 4.69) is 39.4 Å². The molecule has 2 aromatic heterocycles. The minimum atomic E-state index is 0.225. The summed E-state index contributed by atoms with van der Waals surface area (Å²) in [6, 6.07) is 15.9. The van der Waals surface area contributed by atoms with Crippen LogP contribution >= 0.6 is 23.4 Å². The van der Waals surface area contributed by atoms with Gasteiger partial charge in [0.15, 0.2) is 16.8 Å². The molecule has 0 aliphatic heterocycles. The fourth-order valence-electron chi connectivity index (χ4n) is 2.76. The Morgan fingerprint density at radius 3 is 2.41 bits per heavy atom. The first-order chi connectivity index (χ1) is 14.0. The van der Waals surface area contributed by atoms with Gasteiger partial charge in [0.25, 0.3) is 0 Å². The Bertz CT molecular complexity index is 1100. The number of nitrogens with zero attached hydrogens (tertiary/aromatic N) is 5. The smallest absolute Gasteiger partial charge is 0.237 e. The van der Waals surface area contributed by atoms with Crippen LogP contribution < -0.4 is 0 Å². The molecule has 0 saturated heterocycles. The standard InChI is InChI=1S/C21H20ClN5OS/c1-13(2)19-23-18(28-26-19)12-29-21-25-24-20(15-6-4-14(3)5-7-15)27(21)17-10-8-16(22)9-11-17/h4-11,13H,12H2,1-3H3. The number of aryl methyl sites for hydroxylation is 1. The van der Waals surface area contributed by atoms with E-state index >= 15 is 0 Å². The van der Waals surface area contributed by atoms with E-state index in [4.69, 9.17) is 16.1 Å². The van der Waals surface area contributed by atoms with Gasteiger partial charge in [-0.3, -0.25) is 4.57 Å². The first-order valence-corrected chi connectivity index (χ1v) is 10.6. The molecule has 148 valence electrons. The van der Waals surface area contributed by atoms with Crippen molar-refractivity contribution in [2.45, 2.75) is 37.6 Å². The molecule has 0 bridgehead atoms. The predicted molar refractivity (Wildman–Crippen MR) is 114 cm³/mol. The fourth-order valence-corrected chi connectivity index (χ4v) is 3.68. The van der Waals surface area contributed by atoms with Crippen molar-refractivity contribution >= 4 is 23.4 Å². The van der Waals surface area contributed by atoms with Crippen molar-refractivity contribution in [3.63, 3.8) is 0 Å². The molecule has 4 aromatic rings. The second-order valence-electron chi connectivity index (χ2n) is 6.97. The maximum atomic E-state index is 6.08. The summed E-state index contributed by atoms with van der Waals surface area (Å²) < 4.78 is 7.38. The van der Waals surface area contributed by atoms with Gasteiger partial charge in [-0.05, 0) is 31.2 Å². The van der Waals surface area contributed by atoms with Crippen LogP contribution in [-0.2, 0) is 5.75 Å². The van der Waals surface area contributed by atoms with Crippen LogP contribution in [0.4, 0.5) is 0 Å². The maximum absolute atomic E-state index is 6.08. The Labute approximate surface area is 178 Å².